The Bertz CT molecular complexity index is 972. The number of nitrogens with one attached hydrogen (secondary N) is 3. The Kier molecular flexibility index (Phi) is 3.12. The van der Waals surface area contributed by atoms with Gasteiger partial charge in [0.15, 0.2) is 0 Å². The zero-order valence-electron chi connectivity index (χ0n) is 12.1. The molecule has 0 spiro atoms. The summed E-state index contributed by atoms with van der Waals surface area (Å²) in [5, 5.41) is 17.7. The lowest BCUT2D eigenvalue weighted by molar-refractivity contribution is 0.103. The molecule has 4 aromatic rings. The Hall–Kier alpha value is -3.41. The molecule has 0 saturated heterocycles. The molecule has 4 rings (SSSR count). The van der Waals surface area contributed by atoms with Crippen LogP contribution in [0.3, 0.4) is 0 Å². The number of para-hydroxylation sites is 2. The summed E-state index contributed by atoms with van der Waals surface area (Å²) in [4.78, 5) is 12.9. The highest BCUT2D eigenvalue weighted by molar-refractivity contribution is 6.17. The summed E-state index contributed by atoms with van der Waals surface area (Å²) in [6.45, 7) is 0. The first-order chi connectivity index (χ1) is 11.3. The van der Waals surface area contributed by atoms with E-state index < -0.39 is 0 Å². The van der Waals surface area contributed by atoms with Gasteiger partial charge in [0.1, 0.15) is 5.69 Å². The van der Waals surface area contributed by atoms with Gasteiger partial charge in [-0.3, -0.25) is 15.0 Å². The highest BCUT2D eigenvalue weighted by Crippen LogP contribution is 2.25. The number of aromatic amines is 2. The number of rotatable bonds is 4. The second-order valence-electron chi connectivity index (χ2n) is 5.10. The van der Waals surface area contributed by atoms with E-state index in [1.807, 2.05) is 42.5 Å². The molecule has 0 saturated carbocycles. The number of carbonyl (C=O) groups excluding carboxylic acids is 1. The molecule has 0 aliphatic carbocycles. The van der Waals surface area contributed by atoms with Crippen molar-refractivity contribution in [1.29, 1.82) is 0 Å². The van der Waals surface area contributed by atoms with Gasteiger partial charge in [0.2, 0.25) is 5.78 Å². The van der Waals surface area contributed by atoms with Crippen LogP contribution in [0.2, 0.25) is 0 Å². The van der Waals surface area contributed by atoms with Crippen LogP contribution in [0, 0.1) is 0 Å². The van der Waals surface area contributed by atoms with E-state index in [1.165, 1.54) is 0 Å². The Morgan fingerprint density at radius 2 is 1.87 bits per heavy atom. The van der Waals surface area contributed by atoms with Gasteiger partial charge in [-0.2, -0.15) is 10.2 Å². The van der Waals surface area contributed by atoms with E-state index >= 15 is 0 Å². The average molecular weight is 303 g/mol. The first-order valence-corrected chi connectivity index (χ1v) is 7.15. The molecule has 23 heavy (non-hydrogen) atoms. The fraction of sp³-hybridized carbons (Fsp3) is 0. The van der Waals surface area contributed by atoms with E-state index in [2.05, 4.69) is 25.7 Å². The quantitative estimate of drug-likeness (QED) is 0.505. The predicted molar refractivity (Wildman–Crippen MR) is 87.8 cm³/mol. The maximum Gasteiger partial charge on any atom is 0.215 e. The molecule has 0 aliphatic rings. The summed E-state index contributed by atoms with van der Waals surface area (Å²) < 4.78 is 0. The van der Waals surface area contributed by atoms with E-state index in [-0.39, 0.29) is 5.78 Å². The zero-order valence-corrected chi connectivity index (χ0v) is 12.1. The third-order valence-electron chi connectivity index (χ3n) is 3.63. The lowest BCUT2D eigenvalue weighted by Crippen LogP contribution is -2.06. The molecule has 6 heteroatoms. The minimum Gasteiger partial charge on any atom is -0.352 e. The van der Waals surface area contributed by atoms with Gasteiger partial charge in [0.25, 0.3) is 0 Å². The van der Waals surface area contributed by atoms with Crippen LogP contribution in [0.4, 0.5) is 11.4 Å². The summed E-state index contributed by atoms with van der Waals surface area (Å²) in [6, 6.07) is 14.9. The number of nitrogens with zero attached hydrogens (tertiary/aromatic N) is 2. The van der Waals surface area contributed by atoms with Gasteiger partial charge in [-0.05, 0) is 18.2 Å². The second-order valence-corrected chi connectivity index (χ2v) is 5.10. The Balaban J connectivity index is 1.77. The van der Waals surface area contributed by atoms with Crippen LogP contribution in [-0.4, -0.2) is 26.2 Å². The molecule has 0 radical (unpaired) electrons. The van der Waals surface area contributed by atoms with E-state index in [9.17, 15) is 4.79 Å². The lowest BCUT2D eigenvalue weighted by Gasteiger charge is -2.08. The molecule has 0 atom stereocenters. The molecule has 0 fully saturated rings. The van der Waals surface area contributed by atoms with Gasteiger partial charge in [0.05, 0.1) is 17.4 Å². The number of aromatic nitrogens is 4. The van der Waals surface area contributed by atoms with E-state index in [1.54, 1.807) is 18.5 Å². The topological polar surface area (TPSA) is 86.5 Å². The van der Waals surface area contributed by atoms with Gasteiger partial charge in [0, 0.05) is 22.8 Å². The van der Waals surface area contributed by atoms with Crippen molar-refractivity contribution in [2.75, 3.05) is 5.32 Å². The molecular formula is C17H13N5O. The maximum atomic E-state index is 12.9. The van der Waals surface area contributed by atoms with Crippen molar-refractivity contribution in [3.8, 4) is 0 Å². The van der Waals surface area contributed by atoms with Crippen molar-refractivity contribution in [3.63, 3.8) is 0 Å². The Morgan fingerprint density at radius 3 is 2.74 bits per heavy atom. The largest absolute Gasteiger partial charge is 0.352 e. The second kappa shape index (κ2) is 5.42. The van der Waals surface area contributed by atoms with E-state index in [0.717, 1.165) is 16.6 Å². The van der Waals surface area contributed by atoms with Gasteiger partial charge < -0.3 is 5.32 Å². The van der Waals surface area contributed by atoms with Crippen molar-refractivity contribution < 1.29 is 4.79 Å². The van der Waals surface area contributed by atoms with Crippen molar-refractivity contribution in [2.45, 2.75) is 0 Å². The molecule has 0 aliphatic heterocycles. The third-order valence-corrected chi connectivity index (χ3v) is 3.63. The molecule has 2 aromatic heterocycles. The average Bonchev–Trinajstić information content (AvgIpc) is 3.24. The molecule has 2 heterocycles. The summed E-state index contributed by atoms with van der Waals surface area (Å²) in [7, 11) is 0. The maximum absolute atomic E-state index is 12.9. The molecule has 112 valence electrons. The minimum absolute atomic E-state index is 0.131. The molecule has 3 N–H and O–H groups in total. The van der Waals surface area contributed by atoms with Crippen LogP contribution < -0.4 is 5.32 Å². The van der Waals surface area contributed by atoms with Gasteiger partial charge in [-0.1, -0.05) is 30.3 Å². The van der Waals surface area contributed by atoms with Gasteiger partial charge >= 0.3 is 0 Å². The zero-order chi connectivity index (χ0) is 15.6. The SMILES string of the molecule is O=C(c1ccccc1Nc1cn[nH]c1)c1n[nH]c2ccccc12. The highest BCUT2D eigenvalue weighted by atomic mass is 16.1. The third kappa shape index (κ3) is 2.36. The summed E-state index contributed by atoms with van der Waals surface area (Å²) in [6.07, 6.45) is 3.39. The molecular weight excluding hydrogens is 290 g/mol. The summed E-state index contributed by atoms with van der Waals surface area (Å²) >= 11 is 0. The highest BCUT2D eigenvalue weighted by Gasteiger charge is 2.18. The van der Waals surface area contributed by atoms with Crippen LogP contribution in [-0.2, 0) is 0 Å². The molecule has 0 bridgehead atoms. The van der Waals surface area contributed by atoms with E-state index in [4.69, 9.17) is 0 Å². The van der Waals surface area contributed by atoms with Crippen molar-refractivity contribution in [3.05, 3.63) is 72.2 Å². The predicted octanol–water partition coefficient (Wildman–Crippen LogP) is 3.26. The van der Waals surface area contributed by atoms with Crippen LogP contribution in [0.25, 0.3) is 10.9 Å². The van der Waals surface area contributed by atoms with Crippen molar-refractivity contribution >= 4 is 28.1 Å². The minimum atomic E-state index is -0.131. The van der Waals surface area contributed by atoms with Crippen LogP contribution in [0.5, 0.6) is 0 Å². The van der Waals surface area contributed by atoms with E-state index in [0.29, 0.717) is 16.9 Å². The molecule has 0 amide bonds. The lowest BCUT2D eigenvalue weighted by atomic mass is 10.0. The number of carbonyl (C=O) groups is 1. The summed E-state index contributed by atoms with van der Waals surface area (Å²) in [5.74, 6) is -0.131. The monoisotopic (exact) mass is 303 g/mol. The standard InChI is InChI=1S/C17H13N5O/c23-17(16-12-5-1-4-8-15(12)21-22-16)13-6-2-3-7-14(13)20-11-9-18-19-10-11/h1-10,20H,(H,18,19)(H,21,22). The van der Waals surface area contributed by atoms with Gasteiger partial charge in [-0.25, -0.2) is 0 Å². The van der Waals surface area contributed by atoms with Crippen molar-refractivity contribution in [1.82, 2.24) is 20.4 Å². The number of anilines is 2. The number of hydrogen-bond acceptors (Lipinski definition) is 4. The Morgan fingerprint density at radius 1 is 1.04 bits per heavy atom. The number of hydrogen-bond donors (Lipinski definition) is 3. The fourth-order valence-corrected chi connectivity index (χ4v) is 2.53. The number of H-pyrrole nitrogens is 2. The van der Waals surface area contributed by atoms with Crippen LogP contribution in [0.15, 0.2) is 60.9 Å². The smallest absolute Gasteiger partial charge is 0.215 e. The normalized spacial score (nSPS) is 10.8. The van der Waals surface area contributed by atoms with Crippen LogP contribution >= 0.6 is 0 Å². The number of fused-ring (bicyclic) bond motifs is 1. The Labute approximate surface area is 131 Å². The molecule has 2 aromatic carbocycles. The summed E-state index contributed by atoms with van der Waals surface area (Å²) in [5.41, 5.74) is 3.33. The van der Waals surface area contributed by atoms with Crippen LogP contribution in [0.1, 0.15) is 16.1 Å². The fourth-order valence-electron chi connectivity index (χ4n) is 2.53. The van der Waals surface area contributed by atoms with Gasteiger partial charge in [-0.15, -0.1) is 0 Å². The van der Waals surface area contributed by atoms with Crippen molar-refractivity contribution in [2.24, 2.45) is 0 Å². The first kappa shape index (κ1) is 13.3. The number of benzene rings is 2. The number of ketones is 1. The molecule has 6 nitrogen and oxygen atoms in total. The first-order valence-electron chi connectivity index (χ1n) is 7.15. The molecule has 0 unspecified atom stereocenters.